The lowest BCUT2D eigenvalue weighted by atomic mass is 9.85. The van der Waals surface area contributed by atoms with Gasteiger partial charge in [-0.3, -0.25) is 14.4 Å². The van der Waals surface area contributed by atoms with Crippen LogP contribution in [0.3, 0.4) is 0 Å². The van der Waals surface area contributed by atoms with E-state index in [2.05, 4.69) is 31.9 Å². The van der Waals surface area contributed by atoms with Crippen LogP contribution in [0.2, 0.25) is 0 Å². The number of ketones is 2. The molecule has 1 aromatic heterocycles. The Bertz CT molecular complexity index is 1400. The lowest BCUT2D eigenvalue weighted by Crippen LogP contribution is -2.29. The molecular weight excluding hydrogens is 552 g/mol. The van der Waals surface area contributed by atoms with E-state index >= 15 is 0 Å². The number of carbonyl (C=O) groups is 2. The first-order valence-electron chi connectivity index (χ1n) is 9.18. The minimum atomic E-state index is -0.713. The Kier molecular flexibility index (Phi) is 5.54. The normalized spacial score (nSPS) is 12.5. The Morgan fingerprint density at radius 1 is 0.750 bits per heavy atom. The van der Waals surface area contributed by atoms with Crippen molar-refractivity contribution in [1.29, 1.82) is 0 Å². The predicted octanol–water partition coefficient (Wildman–Crippen LogP) is 4.44. The molecule has 0 unspecified atom stereocenters. The molecule has 0 N–H and O–H groups in total. The average Bonchev–Trinajstić information content (AvgIpc) is 2.78. The molecule has 0 fully saturated rings. The van der Waals surface area contributed by atoms with Gasteiger partial charge in [0, 0.05) is 0 Å². The molecule has 10 heteroatoms. The van der Waals surface area contributed by atoms with Gasteiger partial charge in [0.15, 0.2) is 22.8 Å². The average molecular weight is 568 g/mol. The summed E-state index contributed by atoms with van der Waals surface area (Å²) in [4.78, 5) is 40.7. The van der Waals surface area contributed by atoms with E-state index in [4.69, 9.17) is 23.4 Å². The minimum Gasteiger partial charge on any atom is -0.495 e. The number of rotatable bonds is 4. The highest BCUT2D eigenvalue weighted by atomic mass is 79.9. The van der Waals surface area contributed by atoms with Crippen LogP contribution in [0.15, 0.2) is 24.2 Å². The zero-order chi connectivity index (χ0) is 23.5. The molecule has 0 saturated carbocycles. The van der Waals surface area contributed by atoms with Crippen LogP contribution in [0, 0.1) is 6.92 Å². The molecule has 4 rings (SSSR count). The fourth-order valence-corrected chi connectivity index (χ4v) is 5.16. The lowest BCUT2D eigenvalue weighted by Gasteiger charge is -2.24. The smallest absolute Gasteiger partial charge is 0.233 e. The highest BCUT2D eigenvalue weighted by Crippen LogP contribution is 2.50. The fraction of sp³-hybridized carbons (Fsp3) is 0.227. The molecule has 2 aromatic carbocycles. The molecule has 1 aliphatic rings. The third-order valence-corrected chi connectivity index (χ3v) is 6.77. The van der Waals surface area contributed by atoms with E-state index in [0.717, 1.165) is 0 Å². The van der Waals surface area contributed by atoms with Gasteiger partial charge in [-0.2, -0.15) is 0 Å². The van der Waals surface area contributed by atoms with Crippen LogP contribution >= 0.6 is 31.9 Å². The summed E-state index contributed by atoms with van der Waals surface area (Å²) in [6.45, 7) is 1.69. The molecule has 1 aliphatic carbocycles. The summed E-state index contributed by atoms with van der Waals surface area (Å²) in [5, 5.41) is 0.166. The molecule has 166 valence electrons. The van der Waals surface area contributed by atoms with Gasteiger partial charge in [-0.1, -0.05) is 0 Å². The van der Waals surface area contributed by atoms with Crippen LogP contribution in [0.5, 0.6) is 23.0 Å². The number of halogens is 2. The van der Waals surface area contributed by atoms with Gasteiger partial charge >= 0.3 is 0 Å². The third-order valence-electron chi connectivity index (χ3n) is 5.30. The van der Waals surface area contributed by atoms with Gasteiger partial charge in [0.25, 0.3) is 0 Å². The Morgan fingerprint density at radius 2 is 1.34 bits per heavy atom. The highest BCUT2D eigenvalue weighted by molar-refractivity contribution is 9.11. The maximum atomic E-state index is 13.6. The Labute approximate surface area is 198 Å². The third kappa shape index (κ3) is 2.82. The number of methoxy groups -OCH3 is 4. The van der Waals surface area contributed by atoms with Crippen molar-refractivity contribution in [3.63, 3.8) is 0 Å². The van der Waals surface area contributed by atoms with E-state index in [1.54, 1.807) is 13.0 Å². The number of fused-ring (bicyclic) bond motifs is 3. The van der Waals surface area contributed by atoms with E-state index in [9.17, 15) is 14.4 Å². The number of ether oxygens (including phenoxy) is 4. The minimum absolute atomic E-state index is 0.0165. The van der Waals surface area contributed by atoms with Crippen molar-refractivity contribution in [2.75, 3.05) is 28.4 Å². The zero-order valence-corrected chi connectivity index (χ0v) is 20.8. The molecule has 32 heavy (non-hydrogen) atoms. The van der Waals surface area contributed by atoms with Crippen LogP contribution in [-0.4, -0.2) is 40.0 Å². The molecule has 0 amide bonds. The van der Waals surface area contributed by atoms with Gasteiger partial charge in [0.05, 0.1) is 45.0 Å². The number of hydrogen-bond donors (Lipinski definition) is 0. The first-order valence-corrected chi connectivity index (χ1v) is 10.8. The molecule has 0 bridgehead atoms. The van der Waals surface area contributed by atoms with Crippen molar-refractivity contribution < 1.29 is 33.0 Å². The molecule has 1 heterocycles. The van der Waals surface area contributed by atoms with Crippen LogP contribution in [-0.2, 0) is 0 Å². The Balaban J connectivity index is 2.20. The van der Waals surface area contributed by atoms with Crippen molar-refractivity contribution >= 4 is 54.4 Å². The summed E-state index contributed by atoms with van der Waals surface area (Å²) in [6, 6.07) is 1.64. The first-order chi connectivity index (χ1) is 15.2. The number of carbonyl (C=O) groups excluding carboxylic acids is 2. The molecule has 8 nitrogen and oxygen atoms in total. The molecule has 0 aliphatic heterocycles. The second kappa shape index (κ2) is 7.93. The predicted molar refractivity (Wildman–Crippen MR) is 122 cm³/mol. The van der Waals surface area contributed by atoms with E-state index in [1.807, 2.05) is 0 Å². The van der Waals surface area contributed by atoms with Crippen LogP contribution < -0.4 is 24.4 Å². The Hall–Kier alpha value is -2.85. The zero-order valence-electron chi connectivity index (χ0n) is 17.6. The summed E-state index contributed by atoms with van der Waals surface area (Å²) < 4.78 is 28.0. The van der Waals surface area contributed by atoms with Gasteiger partial charge < -0.3 is 23.4 Å². The fourth-order valence-electron chi connectivity index (χ4n) is 3.90. The van der Waals surface area contributed by atoms with Crippen LogP contribution in [0.25, 0.3) is 11.0 Å². The molecule has 0 saturated heterocycles. The largest absolute Gasteiger partial charge is 0.495 e. The SMILES string of the molecule is COc1cc(C)c2c(=O)c3c(oc2c1Br)C(=O)c1c(OC)c(OC)c(Br)c(OC)c1C3=O. The number of benzene rings is 2. The lowest BCUT2D eigenvalue weighted by molar-refractivity contribution is 0.0951. The molecule has 3 aromatic rings. The van der Waals surface area contributed by atoms with E-state index in [0.29, 0.717) is 15.8 Å². The maximum Gasteiger partial charge on any atom is 0.233 e. The highest BCUT2D eigenvalue weighted by Gasteiger charge is 2.42. The van der Waals surface area contributed by atoms with Gasteiger partial charge in [-0.25, -0.2) is 0 Å². The second-order valence-electron chi connectivity index (χ2n) is 6.87. The van der Waals surface area contributed by atoms with Crippen LogP contribution in [0.4, 0.5) is 0 Å². The summed E-state index contributed by atoms with van der Waals surface area (Å²) in [6.07, 6.45) is 0. The summed E-state index contributed by atoms with van der Waals surface area (Å²) in [7, 11) is 5.53. The van der Waals surface area contributed by atoms with E-state index < -0.39 is 22.8 Å². The standard InChI is InChI=1S/C22H16Br2O8/c1-7-6-8(28-2)13(23)19-9(7)15(25)12-16(26)10-11(17(27)20(12)32-19)21(30-4)22(31-5)14(24)18(10)29-3/h6H,1-5H3. The van der Waals surface area contributed by atoms with Crippen molar-refractivity contribution in [2.45, 2.75) is 6.92 Å². The Morgan fingerprint density at radius 3 is 1.91 bits per heavy atom. The summed E-state index contributed by atoms with van der Waals surface area (Å²) in [5.41, 5.74) is -0.577. The summed E-state index contributed by atoms with van der Waals surface area (Å²) in [5.74, 6) is -1.17. The monoisotopic (exact) mass is 566 g/mol. The topological polar surface area (TPSA) is 101 Å². The number of hydrogen-bond acceptors (Lipinski definition) is 8. The summed E-state index contributed by atoms with van der Waals surface area (Å²) >= 11 is 6.70. The second-order valence-corrected chi connectivity index (χ2v) is 8.46. The first kappa shape index (κ1) is 22.3. The van der Waals surface area contributed by atoms with Gasteiger partial charge in [0.1, 0.15) is 26.0 Å². The van der Waals surface area contributed by atoms with Crippen LogP contribution in [0.1, 0.15) is 37.6 Å². The van der Waals surface area contributed by atoms with Gasteiger partial charge in [-0.15, -0.1) is 0 Å². The van der Waals surface area contributed by atoms with Crippen molar-refractivity contribution in [3.8, 4) is 23.0 Å². The van der Waals surface area contributed by atoms with Gasteiger partial charge in [0.2, 0.25) is 17.0 Å². The van der Waals surface area contributed by atoms with Gasteiger partial charge in [-0.05, 0) is 50.4 Å². The number of aryl methyl sites for hydroxylation is 1. The molecular formula is C22H16Br2O8. The van der Waals surface area contributed by atoms with E-state index in [-0.39, 0.29) is 49.4 Å². The molecule has 0 spiro atoms. The quantitative estimate of drug-likeness (QED) is 0.357. The van der Waals surface area contributed by atoms with Crippen molar-refractivity contribution in [2.24, 2.45) is 0 Å². The van der Waals surface area contributed by atoms with Crippen molar-refractivity contribution in [3.05, 3.63) is 53.2 Å². The maximum absolute atomic E-state index is 13.6. The van der Waals surface area contributed by atoms with E-state index in [1.165, 1.54) is 28.4 Å². The molecule has 0 atom stereocenters. The molecule has 0 radical (unpaired) electrons. The van der Waals surface area contributed by atoms with Crippen molar-refractivity contribution in [1.82, 2.24) is 0 Å².